The zero-order valence-corrected chi connectivity index (χ0v) is 10.4. The van der Waals surface area contributed by atoms with Gasteiger partial charge in [0, 0.05) is 12.1 Å². The van der Waals surface area contributed by atoms with Crippen molar-refractivity contribution in [3.63, 3.8) is 0 Å². The molecule has 1 heterocycles. The molecule has 0 spiro atoms. The van der Waals surface area contributed by atoms with Gasteiger partial charge in [-0.05, 0) is 24.6 Å². The Bertz CT molecular complexity index is 517. The standard InChI is InChI=1S/C13H14FNO4/c1-8-9(3-2-4-10(8)14)12(16)15-5-6-19-11(7-15)13(17)18/h2-4,11H,5-7H2,1H3,(H,17,18)/t11-/m0/s1. The molecule has 1 fully saturated rings. The second kappa shape index (κ2) is 5.36. The van der Waals surface area contributed by atoms with Crippen molar-refractivity contribution in [3.05, 3.63) is 35.1 Å². The van der Waals surface area contributed by atoms with Gasteiger partial charge in [-0.25, -0.2) is 9.18 Å². The number of rotatable bonds is 2. The quantitative estimate of drug-likeness (QED) is 0.870. The smallest absolute Gasteiger partial charge is 0.334 e. The number of carboxylic acid groups (broad SMARTS) is 1. The molecule has 1 saturated heterocycles. The number of morpholine rings is 1. The molecule has 0 unspecified atom stereocenters. The summed E-state index contributed by atoms with van der Waals surface area (Å²) in [5.41, 5.74) is 0.525. The Labute approximate surface area is 109 Å². The van der Waals surface area contributed by atoms with Crippen LogP contribution in [0.25, 0.3) is 0 Å². The molecule has 0 radical (unpaired) electrons. The summed E-state index contributed by atoms with van der Waals surface area (Å²) in [5.74, 6) is -1.92. The highest BCUT2D eigenvalue weighted by Crippen LogP contribution is 2.16. The lowest BCUT2D eigenvalue weighted by Crippen LogP contribution is -2.48. The molecule has 0 saturated carbocycles. The summed E-state index contributed by atoms with van der Waals surface area (Å²) in [6, 6.07) is 4.28. The molecule has 1 aliphatic heterocycles. The number of aliphatic carboxylic acids is 1. The Kier molecular flexibility index (Phi) is 3.80. The maximum atomic E-state index is 13.4. The summed E-state index contributed by atoms with van der Waals surface area (Å²) in [4.78, 5) is 24.5. The number of hydrogen-bond acceptors (Lipinski definition) is 3. The van der Waals surface area contributed by atoms with Gasteiger partial charge in [0.15, 0.2) is 6.10 Å². The molecule has 0 bridgehead atoms. The van der Waals surface area contributed by atoms with E-state index >= 15 is 0 Å². The maximum absolute atomic E-state index is 13.4. The summed E-state index contributed by atoms with van der Waals surface area (Å²) in [6.45, 7) is 1.97. The third-order valence-electron chi connectivity index (χ3n) is 3.13. The molecule has 102 valence electrons. The Morgan fingerprint density at radius 1 is 1.47 bits per heavy atom. The topological polar surface area (TPSA) is 66.8 Å². The van der Waals surface area contributed by atoms with Crippen LogP contribution in [0.4, 0.5) is 4.39 Å². The first-order valence-electron chi connectivity index (χ1n) is 5.89. The molecule has 1 aromatic carbocycles. The zero-order valence-electron chi connectivity index (χ0n) is 10.4. The number of amides is 1. The lowest BCUT2D eigenvalue weighted by atomic mass is 10.1. The van der Waals surface area contributed by atoms with E-state index in [-0.39, 0.29) is 30.2 Å². The van der Waals surface area contributed by atoms with E-state index in [1.165, 1.54) is 30.0 Å². The highest BCUT2D eigenvalue weighted by Gasteiger charge is 2.30. The molecule has 5 nitrogen and oxygen atoms in total. The molecular weight excluding hydrogens is 253 g/mol. The molecule has 0 aliphatic carbocycles. The summed E-state index contributed by atoms with van der Waals surface area (Å²) < 4.78 is 18.5. The minimum Gasteiger partial charge on any atom is -0.479 e. The fourth-order valence-electron chi connectivity index (χ4n) is 1.99. The van der Waals surface area contributed by atoms with E-state index in [9.17, 15) is 14.0 Å². The number of nitrogens with zero attached hydrogens (tertiary/aromatic N) is 1. The van der Waals surface area contributed by atoms with Crippen LogP contribution in [0.2, 0.25) is 0 Å². The third kappa shape index (κ3) is 2.73. The van der Waals surface area contributed by atoms with E-state index < -0.39 is 17.9 Å². The van der Waals surface area contributed by atoms with Crippen LogP contribution in [0.5, 0.6) is 0 Å². The monoisotopic (exact) mass is 267 g/mol. The Morgan fingerprint density at radius 3 is 2.89 bits per heavy atom. The SMILES string of the molecule is Cc1c(F)cccc1C(=O)N1CCO[C@H](C(=O)O)C1. The van der Waals surface area contributed by atoms with E-state index in [1.54, 1.807) is 0 Å². The molecule has 1 amide bonds. The molecule has 0 aromatic heterocycles. The summed E-state index contributed by atoms with van der Waals surface area (Å²) in [7, 11) is 0. The van der Waals surface area contributed by atoms with Crippen molar-refractivity contribution < 1.29 is 23.8 Å². The predicted molar refractivity (Wildman–Crippen MR) is 64.4 cm³/mol. The van der Waals surface area contributed by atoms with Crippen LogP contribution in [0.3, 0.4) is 0 Å². The number of benzene rings is 1. The van der Waals surface area contributed by atoms with Crippen LogP contribution in [0.1, 0.15) is 15.9 Å². The lowest BCUT2D eigenvalue weighted by molar-refractivity contribution is -0.154. The van der Waals surface area contributed by atoms with E-state index in [2.05, 4.69) is 0 Å². The van der Waals surface area contributed by atoms with E-state index in [1.807, 2.05) is 0 Å². The van der Waals surface area contributed by atoms with Crippen molar-refractivity contribution in [2.45, 2.75) is 13.0 Å². The van der Waals surface area contributed by atoms with Crippen molar-refractivity contribution in [1.29, 1.82) is 0 Å². The highest BCUT2D eigenvalue weighted by molar-refractivity contribution is 5.96. The van der Waals surface area contributed by atoms with Crippen LogP contribution in [0, 0.1) is 12.7 Å². The molecule has 2 rings (SSSR count). The van der Waals surface area contributed by atoms with Crippen LogP contribution >= 0.6 is 0 Å². The average Bonchev–Trinajstić information content (AvgIpc) is 2.41. The van der Waals surface area contributed by atoms with Gasteiger partial charge in [-0.3, -0.25) is 4.79 Å². The van der Waals surface area contributed by atoms with Gasteiger partial charge in [0.2, 0.25) is 0 Å². The first-order chi connectivity index (χ1) is 9.00. The number of carboxylic acids is 1. The summed E-state index contributed by atoms with van der Waals surface area (Å²) in [6.07, 6.45) is -1.02. The second-order valence-corrected chi connectivity index (χ2v) is 4.36. The maximum Gasteiger partial charge on any atom is 0.334 e. The lowest BCUT2D eigenvalue weighted by Gasteiger charge is -2.31. The van der Waals surface area contributed by atoms with Crippen molar-refractivity contribution in [2.75, 3.05) is 19.7 Å². The van der Waals surface area contributed by atoms with Gasteiger partial charge in [-0.1, -0.05) is 6.07 Å². The van der Waals surface area contributed by atoms with Gasteiger partial charge >= 0.3 is 5.97 Å². The zero-order chi connectivity index (χ0) is 14.0. The fraction of sp³-hybridized carbons (Fsp3) is 0.385. The summed E-state index contributed by atoms with van der Waals surface area (Å²) in [5, 5.41) is 8.88. The minimum atomic E-state index is -1.10. The van der Waals surface area contributed by atoms with Crippen molar-refractivity contribution in [2.24, 2.45) is 0 Å². The number of ether oxygens (including phenoxy) is 1. The second-order valence-electron chi connectivity index (χ2n) is 4.36. The largest absolute Gasteiger partial charge is 0.479 e. The number of carbonyl (C=O) groups is 2. The molecular formula is C13H14FNO4. The van der Waals surface area contributed by atoms with Crippen LogP contribution in [0.15, 0.2) is 18.2 Å². The fourth-order valence-corrected chi connectivity index (χ4v) is 1.99. The number of hydrogen-bond donors (Lipinski definition) is 1. The molecule has 19 heavy (non-hydrogen) atoms. The van der Waals surface area contributed by atoms with Crippen LogP contribution in [-0.2, 0) is 9.53 Å². The van der Waals surface area contributed by atoms with E-state index in [0.717, 1.165) is 0 Å². The van der Waals surface area contributed by atoms with Crippen molar-refractivity contribution in [3.8, 4) is 0 Å². The first-order valence-corrected chi connectivity index (χ1v) is 5.89. The van der Waals surface area contributed by atoms with Gasteiger partial charge in [-0.15, -0.1) is 0 Å². The van der Waals surface area contributed by atoms with Crippen molar-refractivity contribution >= 4 is 11.9 Å². The minimum absolute atomic E-state index is 0.0237. The highest BCUT2D eigenvalue weighted by atomic mass is 19.1. The normalized spacial score (nSPS) is 19.3. The number of halogens is 1. The van der Waals surface area contributed by atoms with Gasteiger partial charge in [-0.2, -0.15) is 0 Å². The molecule has 1 aromatic rings. The van der Waals surface area contributed by atoms with E-state index in [4.69, 9.17) is 9.84 Å². The van der Waals surface area contributed by atoms with Crippen molar-refractivity contribution in [1.82, 2.24) is 4.90 Å². The van der Waals surface area contributed by atoms with Gasteiger partial charge < -0.3 is 14.7 Å². The Hall–Kier alpha value is -1.95. The molecule has 1 atom stereocenters. The van der Waals surface area contributed by atoms with Gasteiger partial charge in [0.25, 0.3) is 5.91 Å². The van der Waals surface area contributed by atoms with Gasteiger partial charge in [0.1, 0.15) is 5.82 Å². The molecule has 6 heteroatoms. The third-order valence-corrected chi connectivity index (χ3v) is 3.13. The Morgan fingerprint density at radius 2 is 2.21 bits per heavy atom. The summed E-state index contributed by atoms with van der Waals surface area (Å²) >= 11 is 0. The first kappa shape index (κ1) is 13.5. The van der Waals surface area contributed by atoms with Crippen LogP contribution < -0.4 is 0 Å². The predicted octanol–water partition coefficient (Wildman–Crippen LogP) is 1.06. The molecule has 1 N–H and O–H groups in total. The Balaban J connectivity index is 2.19. The molecule has 1 aliphatic rings. The van der Waals surface area contributed by atoms with Crippen LogP contribution in [-0.4, -0.2) is 47.7 Å². The average molecular weight is 267 g/mol. The van der Waals surface area contributed by atoms with E-state index in [0.29, 0.717) is 6.54 Å². The number of carbonyl (C=O) groups excluding carboxylic acids is 1. The van der Waals surface area contributed by atoms with Gasteiger partial charge in [0.05, 0.1) is 13.2 Å².